The van der Waals surface area contributed by atoms with E-state index in [1.165, 1.54) is 5.56 Å². The average Bonchev–Trinajstić information content (AvgIpc) is 2.31. The Hall–Kier alpha value is -1.06. The first kappa shape index (κ1) is 12.0. The zero-order valence-corrected chi connectivity index (χ0v) is 9.46. The number of hydrogen-bond donors (Lipinski definition) is 3. The summed E-state index contributed by atoms with van der Waals surface area (Å²) in [5.41, 5.74) is 2.39. The van der Waals surface area contributed by atoms with Crippen LogP contribution in [-0.4, -0.2) is 25.8 Å². The molecule has 0 spiro atoms. The molecule has 0 aliphatic rings. The van der Waals surface area contributed by atoms with Crippen LogP contribution in [0.15, 0.2) is 24.3 Å². The first-order chi connectivity index (χ1) is 7.31. The highest BCUT2D eigenvalue weighted by molar-refractivity contribution is 5.44. The van der Waals surface area contributed by atoms with Gasteiger partial charge >= 0.3 is 0 Å². The van der Waals surface area contributed by atoms with Crippen LogP contribution < -0.4 is 10.6 Å². The third-order valence-electron chi connectivity index (χ3n) is 2.60. The predicted octanol–water partition coefficient (Wildman–Crippen LogP) is 1.76. The SMILES string of the molecule is CNc1ccc(C(CCCO)NC)cc1. The molecule has 3 N–H and O–H groups in total. The van der Waals surface area contributed by atoms with Gasteiger partial charge in [0.05, 0.1) is 0 Å². The fourth-order valence-corrected chi connectivity index (χ4v) is 1.66. The first-order valence-corrected chi connectivity index (χ1v) is 5.37. The van der Waals surface area contributed by atoms with E-state index in [9.17, 15) is 0 Å². The number of nitrogens with one attached hydrogen (secondary N) is 2. The third-order valence-corrected chi connectivity index (χ3v) is 2.60. The summed E-state index contributed by atoms with van der Waals surface area (Å²) in [6.07, 6.45) is 1.80. The maximum absolute atomic E-state index is 8.80. The van der Waals surface area contributed by atoms with Crippen LogP contribution in [0, 0.1) is 0 Å². The molecule has 0 aliphatic heterocycles. The lowest BCUT2D eigenvalue weighted by Gasteiger charge is -2.16. The van der Waals surface area contributed by atoms with Gasteiger partial charge in [-0.25, -0.2) is 0 Å². The van der Waals surface area contributed by atoms with Crippen molar-refractivity contribution >= 4 is 5.69 Å². The summed E-state index contributed by atoms with van der Waals surface area (Å²) in [4.78, 5) is 0. The van der Waals surface area contributed by atoms with E-state index in [4.69, 9.17) is 5.11 Å². The van der Waals surface area contributed by atoms with Gasteiger partial charge in [0.15, 0.2) is 0 Å². The van der Waals surface area contributed by atoms with Crippen LogP contribution in [0.1, 0.15) is 24.4 Å². The van der Waals surface area contributed by atoms with E-state index in [0.29, 0.717) is 6.04 Å². The highest BCUT2D eigenvalue weighted by Gasteiger charge is 2.07. The predicted molar refractivity (Wildman–Crippen MR) is 64.1 cm³/mol. The highest BCUT2D eigenvalue weighted by Crippen LogP contribution is 2.19. The summed E-state index contributed by atoms with van der Waals surface area (Å²) in [5, 5.41) is 15.2. The molecule has 3 heteroatoms. The summed E-state index contributed by atoms with van der Waals surface area (Å²) >= 11 is 0. The smallest absolute Gasteiger partial charge is 0.0431 e. The third kappa shape index (κ3) is 3.53. The van der Waals surface area contributed by atoms with Gasteiger partial charge in [0, 0.05) is 25.4 Å². The lowest BCUT2D eigenvalue weighted by molar-refractivity contribution is 0.276. The van der Waals surface area contributed by atoms with Crippen LogP contribution in [0.3, 0.4) is 0 Å². The van der Waals surface area contributed by atoms with Crippen molar-refractivity contribution in [2.24, 2.45) is 0 Å². The maximum Gasteiger partial charge on any atom is 0.0431 e. The Kier molecular flexibility index (Phi) is 5.15. The van der Waals surface area contributed by atoms with Gasteiger partial charge in [-0.1, -0.05) is 12.1 Å². The van der Waals surface area contributed by atoms with Gasteiger partial charge in [-0.05, 0) is 37.6 Å². The first-order valence-electron chi connectivity index (χ1n) is 5.37. The van der Waals surface area contributed by atoms with Crippen LogP contribution in [0.4, 0.5) is 5.69 Å². The molecule has 1 aromatic carbocycles. The molecule has 84 valence electrons. The van der Waals surface area contributed by atoms with Crippen LogP contribution in [0.25, 0.3) is 0 Å². The summed E-state index contributed by atoms with van der Waals surface area (Å²) in [6.45, 7) is 0.257. The van der Waals surface area contributed by atoms with E-state index in [1.54, 1.807) is 0 Å². The minimum absolute atomic E-state index is 0.257. The number of anilines is 1. The fraction of sp³-hybridized carbons (Fsp3) is 0.500. The minimum Gasteiger partial charge on any atom is -0.396 e. The Morgan fingerprint density at radius 2 is 1.87 bits per heavy atom. The highest BCUT2D eigenvalue weighted by atomic mass is 16.2. The largest absolute Gasteiger partial charge is 0.396 e. The van der Waals surface area contributed by atoms with Crippen LogP contribution in [0.2, 0.25) is 0 Å². The fourth-order valence-electron chi connectivity index (χ4n) is 1.66. The molecule has 1 unspecified atom stereocenters. The van der Waals surface area contributed by atoms with Gasteiger partial charge in [-0.15, -0.1) is 0 Å². The molecule has 0 aliphatic carbocycles. The van der Waals surface area contributed by atoms with Gasteiger partial charge in [0.1, 0.15) is 0 Å². The van der Waals surface area contributed by atoms with E-state index >= 15 is 0 Å². The molecule has 0 fully saturated rings. The normalized spacial score (nSPS) is 12.5. The Balaban J connectivity index is 2.65. The van der Waals surface area contributed by atoms with E-state index in [0.717, 1.165) is 18.5 Å². The number of hydrogen-bond acceptors (Lipinski definition) is 3. The summed E-state index contributed by atoms with van der Waals surface area (Å²) < 4.78 is 0. The van der Waals surface area contributed by atoms with Crippen LogP contribution in [-0.2, 0) is 0 Å². The second-order valence-electron chi connectivity index (χ2n) is 3.58. The minimum atomic E-state index is 0.257. The van der Waals surface area contributed by atoms with Crippen molar-refractivity contribution in [3.8, 4) is 0 Å². The van der Waals surface area contributed by atoms with Gasteiger partial charge in [-0.2, -0.15) is 0 Å². The standard InChI is InChI=1S/C12H20N2O/c1-13-11-7-5-10(6-8-11)12(14-2)4-3-9-15/h5-8,12-15H,3-4,9H2,1-2H3. The Labute approximate surface area is 91.5 Å². The van der Waals surface area contributed by atoms with Crippen LogP contribution in [0.5, 0.6) is 0 Å². The van der Waals surface area contributed by atoms with Crippen LogP contribution >= 0.6 is 0 Å². The summed E-state index contributed by atoms with van der Waals surface area (Å²) in [6, 6.07) is 8.70. The zero-order valence-electron chi connectivity index (χ0n) is 9.46. The van der Waals surface area contributed by atoms with Crippen molar-refractivity contribution < 1.29 is 5.11 Å². The van der Waals surface area contributed by atoms with Gasteiger partial charge < -0.3 is 15.7 Å². The van der Waals surface area contributed by atoms with Crippen molar-refractivity contribution in [2.75, 3.05) is 26.0 Å². The van der Waals surface area contributed by atoms with Crippen molar-refractivity contribution in [1.29, 1.82) is 0 Å². The van der Waals surface area contributed by atoms with E-state index in [1.807, 2.05) is 14.1 Å². The molecular weight excluding hydrogens is 188 g/mol. The van der Waals surface area contributed by atoms with Crippen molar-refractivity contribution in [3.05, 3.63) is 29.8 Å². The Bertz CT molecular complexity index is 271. The second-order valence-corrected chi connectivity index (χ2v) is 3.58. The summed E-state index contributed by atoms with van der Waals surface area (Å²) in [7, 11) is 3.87. The van der Waals surface area contributed by atoms with E-state index in [2.05, 4.69) is 34.9 Å². The van der Waals surface area contributed by atoms with Gasteiger partial charge in [0.2, 0.25) is 0 Å². The second kappa shape index (κ2) is 6.43. The molecule has 0 saturated carbocycles. The monoisotopic (exact) mass is 208 g/mol. The number of aliphatic hydroxyl groups excluding tert-OH is 1. The van der Waals surface area contributed by atoms with E-state index in [-0.39, 0.29) is 6.61 Å². The molecule has 0 amide bonds. The molecule has 0 radical (unpaired) electrons. The molecule has 0 saturated heterocycles. The lowest BCUT2D eigenvalue weighted by atomic mass is 10.0. The maximum atomic E-state index is 8.80. The van der Waals surface area contributed by atoms with Crippen molar-refractivity contribution in [3.63, 3.8) is 0 Å². The molecule has 0 bridgehead atoms. The Morgan fingerprint density at radius 3 is 2.33 bits per heavy atom. The van der Waals surface area contributed by atoms with Crippen molar-refractivity contribution in [1.82, 2.24) is 5.32 Å². The van der Waals surface area contributed by atoms with Gasteiger partial charge in [-0.3, -0.25) is 0 Å². The average molecular weight is 208 g/mol. The van der Waals surface area contributed by atoms with E-state index < -0.39 is 0 Å². The zero-order chi connectivity index (χ0) is 11.1. The summed E-state index contributed by atoms with van der Waals surface area (Å²) in [5.74, 6) is 0. The lowest BCUT2D eigenvalue weighted by Crippen LogP contribution is -2.16. The quantitative estimate of drug-likeness (QED) is 0.667. The molecule has 1 rings (SSSR count). The van der Waals surface area contributed by atoms with Crippen molar-refractivity contribution in [2.45, 2.75) is 18.9 Å². The molecular formula is C12H20N2O. The Morgan fingerprint density at radius 1 is 1.20 bits per heavy atom. The molecule has 3 nitrogen and oxygen atoms in total. The number of aliphatic hydroxyl groups is 1. The number of benzene rings is 1. The topological polar surface area (TPSA) is 44.3 Å². The molecule has 0 heterocycles. The molecule has 1 aromatic rings. The van der Waals surface area contributed by atoms with Gasteiger partial charge in [0.25, 0.3) is 0 Å². The molecule has 15 heavy (non-hydrogen) atoms. The molecule has 0 aromatic heterocycles. The molecule has 1 atom stereocenters. The number of rotatable bonds is 6.